The Morgan fingerprint density at radius 1 is 1.53 bits per heavy atom. The van der Waals surface area contributed by atoms with Crippen molar-refractivity contribution in [3.05, 3.63) is 32.8 Å². The Morgan fingerprint density at radius 2 is 2.32 bits per heavy atom. The second-order valence-corrected chi connectivity index (χ2v) is 5.79. The van der Waals surface area contributed by atoms with E-state index >= 15 is 0 Å². The van der Waals surface area contributed by atoms with Gasteiger partial charge in [-0.1, -0.05) is 6.42 Å². The van der Waals surface area contributed by atoms with E-state index in [2.05, 4.69) is 33.2 Å². The summed E-state index contributed by atoms with van der Waals surface area (Å²) in [7, 11) is 2.13. The maximum Gasteiger partial charge on any atom is 0.285 e. The van der Waals surface area contributed by atoms with E-state index in [9.17, 15) is 10.1 Å². The van der Waals surface area contributed by atoms with Crippen molar-refractivity contribution in [1.82, 2.24) is 4.90 Å². The largest absolute Gasteiger partial charge is 0.383 e. The third kappa shape index (κ3) is 3.67. The van der Waals surface area contributed by atoms with E-state index in [1.807, 2.05) is 6.07 Å². The lowest BCUT2D eigenvalue weighted by molar-refractivity contribution is -0.385. The van der Waals surface area contributed by atoms with Gasteiger partial charge in [-0.15, -0.1) is 0 Å². The first kappa shape index (κ1) is 14.3. The molecule has 1 aliphatic rings. The molecule has 1 unspecified atom stereocenters. The number of anilines is 1. The van der Waals surface area contributed by atoms with Gasteiger partial charge in [-0.3, -0.25) is 10.1 Å². The molecule has 6 heteroatoms. The summed E-state index contributed by atoms with van der Waals surface area (Å²) in [6.07, 6.45) is 3.70. The number of nitrogens with zero attached hydrogens (tertiary/aromatic N) is 2. The van der Waals surface area contributed by atoms with Crippen molar-refractivity contribution in [1.29, 1.82) is 0 Å². The predicted octanol–water partition coefficient (Wildman–Crippen LogP) is 3.25. The summed E-state index contributed by atoms with van der Waals surface area (Å²) in [5.41, 5.74) is 0.899. The van der Waals surface area contributed by atoms with Gasteiger partial charge in [0.2, 0.25) is 0 Å². The van der Waals surface area contributed by atoms with Crippen molar-refractivity contribution in [2.45, 2.75) is 25.3 Å². The number of likely N-dealkylation sites (N-methyl/N-ethyl adjacent to an activating group) is 1. The molecule has 0 aliphatic carbocycles. The molecular formula is C13H18BrN3O2. The van der Waals surface area contributed by atoms with Crippen LogP contribution in [0.15, 0.2) is 22.7 Å². The van der Waals surface area contributed by atoms with E-state index < -0.39 is 0 Å². The van der Waals surface area contributed by atoms with Gasteiger partial charge < -0.3 is 10.2 Å². The van der Waals surface area contributed by atoms with Crippen LogP contribution >= 0.6 is 15.9 Å². The van der Waals surface area contributed by atoms with Crippen LogP contribution in [0, 0.1) is 10.1 Å². The van der Waals surface area contributed by atoms with Gasteiger partial charge in [-0.2, -0.15) is 0 Å². The molecule has 2 rings (SSSR count). The number of hydrogen-bond donors (Lipinski definition) is 1. The van der Waals surface area contributed by atoms with Crippen LogP contribution in [0.4, 0.5) is 11.4 Å². The average molecular weight is 328 g/mol. The Bertz CT molecular complexity index is 467. The van der Waals surface area contributed by atoms with Crippen molar-refractivity contribution in [3.63, 3.8) is 0 Å². The van der Waals surface area contributed by atoms with E-state index in [4.69, 9.17) is 0 Å². The summed E-state index contributed by atoms with van der Waals surface area (Å²) in [5.74, 6) is 0. The first-order valence-corrected chi connectivity index (χ1v) is 7.25. The van der Waals surface area contributed by atoms with Gasteiger partial charge in [-0.25, -0.2) is 0 Å². The SMILES string of the molecule is CN1CCCCC1CNc1ccc(Br)c([N+](=O)[O-])c1. The quantitative estimate of drug-likeness (QED) is 0.681. The first-order chi connectivity index (χ1) is 9.08. The lowest BCUT2D eigenvalue weighted by atomic mass is 10.0. The summed E-state index contributed by atoms with van der Waals surface area (Å²) >= 11 is 3.19. The highest BCUT2D eigenvalue weighted by Crippen LogP contribution is 2.28. The monoisotopic (exact) mass is 327 g/mol. The van der Waals surface area contributed by atoms with Crippen molar-refractivity contribution in [2.75, 3.05) is 25.5 Å². The number of piperidine rings is 1. The smallest absolute Gasteiger partial charge is 0.285 e. The molecule has 1 N–H and O–H groups in total. The van der Waals surface area contributed by atoms with Crippen LogP contribution < -0.4 is 5.32 Å². The average Bonchev–Trinajstić information content (AvgIpc) is 2.39. The molecule has 0 saturated carbocycles. The fourth-order valence-electron chi connectivity index (χ4n) is 2.40. The number of nitro benzene ring substituents is 1. The number of nitrogens with one attached hydrogen (secondary N) is 1. The normalized spacial score (nSPS) is 20.2. The van der Waals surface area contributed by atoms with E-state index in [-0.39, 0.29) is 10.6 Å². The summed E-state index contributed by atoms with van der Waals surface area (Å²) in [6, 6.07) is 5.66. The minimum absolute atomic E-state index is 0.0991. The van der Waals surface area contributed by atoms with E-state index in [1.165, 1.54) is 19.3 Å². The van der Waals surface area contributed by atoms with Crippen LogP contribution in [0.3, 0.4) is 0 Å². The predicted molar refractivity (Wildman–Crippen MR) is 79.6 cm³/mol. The molecule has 0 radical (unpaired) electrons. The van der Waals surface area contributed by atoms with Gasteiger partial charge in [0.25, 0.3) is 5.69 Å². The fourth-order valence-corrected chi connectivity index (χ4v) is 2.79. The van der Waals surface area contributed by atoms with Crippen LogP contribution in [0.1, 0.15) is 19.3 Å². The van der Waals surface area contributed by atoms with Crippen LogP contribution in [0.5, 0.6) is 0 Å². The molecule has 1 aliphatic heterocycles. The summed E-state index contributed by atoms with van der Waals surface area (Å²) in [5, 5.41) is 14.2. The third-order valence-electron chi connectivity index (χ3n) is 3.61. The maximum absolute atomic E-state index is 10.9. The molecule has 1 saturated heterocycles. The molecule has 0 bridgehead atoms. The Hall–Kier alpha value is -1.14. The second kappa shape index (κ2) is 6.34. The highest BCUT2D eigenvalue weighted by molar-refractivity contribution is 9.10. The van der Waals surface area contributed by atoms with Crippen molar-refractivity contribution in [2.24, 2.45) is 0 Å². The molecule has 0 aromatic heterocycles. The number of nitro groups is 1. The minimum atomic E-state index is -0.373. The van der Waals surface area contributed by atoms with Gasteiger partial charge in [0.1, 0.15) is 0 Å². The molecule has 1 fully saturated rings. The Kier molecular flexibility index (Phi) is 4.76. The van der Waals surface area contributed by atoms with Crippen molar-refractivity contribution >= 4 is 27.3 Å². The first-order valence-electron chi connectivity index (χ1n) is 6.46. The number of benzene rings is 1. The third-order valence-corrected chi connectivity index (χ3v) is 4.28. The van der Waals surface area contributed by atoms with Gasteiger partial charge >= 0.3 is 0 Å². The van der Waals surface area contributed by atoms with Gasteiger partial charge in [0.05, 0.1) is 9.40 Å². The lowest BCUT2D eigenvalue weighted by Crippen LogP contribution is -2.40. The molecule has 0 amide bonds. The molecule has 1 aromatic rings. The highest BCUT2D eigenvalue weighted by Gasteiger charge is 2.19. The van der Waals surface area contributed by atoms with Crippen LogP contribution in [-0.4, -0.2) is 36.0 Å². The van der Waals surface area contributed by atoms with Gasteiger partial charge in [0.15, 0.2) is 0 Å². The summed E-state index contributed by atoms with van der Waals surface area (Å²) in [4.78, 5) is 12.8. The van der Waals surface area contributed by atoms with E-state index in [0.717, 1.165) is 18.8 Å². The number of halogens is 1. The molecule has 1 atom stereocenters. The van der Waals surface area contributed by atoms with Gasteiger partial charge in [0, 0.05) is 24.3 Å². The molecule has 19 heavy (non-hydrogen) atoms. The van der Waals surface area contributed by atoms with Gasteiger partial charge in [-0.05, 0) is 54.5 Å². The molecular weight excluding hydrogens is 310 g/mol. The van der Waals surface area contributed by atoms with E-state index in [1.54, 1.807) is 12.1 Å². The molecule has 1 heterocycles. The van der Waals surface area contributed by atoms with Crippen LogP contribution in [0.25, 0.3) is 0 Å². The van der Waals surface area contributed by atoms with Crippen molar-refractivity contribution < 1.29 is 4.92 Å². The number of likely N-dealkylation sites (tertiary alicyclic amines) is 1. The molecule has 104 valence electrons. The molecule has 0 spiro atoms. The lowest BCUT2D eigenvalue weighted by Gasteiger charge is -2.32. The zero-order valence-electron chi connectivity index (χ0n) is 10.9. The zero-order valence-corrected chi connectivity index (χ0v) is 12.5. The topological polar surface area (TPSA) is 58.4 Å². The zero-order chi connectivity index (χ0) is 13.8. The highest BCUT2D eigenvalue weighted by atomic mass is 79.9. The minimum Gasteiger partial charge on any atom is -0.383 e. The van der Waals surface area contributed by atoms with Crippen LogP contribution in [0.2, 0.25) is 0 Å². The van der Waals surface area contributed by atoms with E-state index in [0.29, 0.717) is 10.5 Å². The Balaban J connectivity index is 1.99. The van der Waals surface area contributed by atoms with Crippen LogP contribution in [-0.2, 0) is 0 Å². The standard InChI is InChI=1S/C13H18BrN3O2/c1-16-7-3-2-4-11(16)9-15-10-5-6-12(14)13(8-10)17(18)19/h5-6,8,11,15H,2-4,7,9H2,1H3. The Labute approximate surface area is 121 Å². The maximum atomic E-state index is 10.9. The summed E-state index contributed by atoms with van der Waals surface area (Å²) < 4.78 is 0.512. The summed E-state index contributed by atoms with van der Waals surface area (Å²) in [6.45, 7) is 1.96. The Morgan fingerprint density at radius 3 is 3.00 bits per heavy atom. The molecule has 1 aromatic carbocycles. The fraction of sp³-hybridized carbons (Fsp3) is 0.538. The number of rotatable bonds is 4. The second-order valence-electron chi connectivity index (χ2n) is 4.93. The molecule has 5 nitrogen and oxygen atoms in total. The number of hydrogen-bond acceptors (Lipinski definition) is 4. The van der Waals surface area contributed by atoms with Crippen molar-refractivity contribution in [3.8, 4) is 0 Å².